The summed E-state index contributed by atoms with van der Waals surface area (Å²) in [5.41, 5.74) is 2.85. The Morgan fingerprint density at radius 2 is 1.34 bits per heavy atom. The number of benzene rings is 3. The van der Waals surface area contributed by atoms with E-state index in [1.54, 1.807) is 18.2 Å². The first-order chi connectivity index (χ1) is 18.3. The molecule has 0 aromatic heterocycles. The second kappa shape index (κ2) is 11.4. The van der Waals surface area contributed by atoms with Gasteiger partial charge in [-0.2, -0.15) is 4.31 Å². The molecule has 38 heavy (non-hydrogen) atoms. The van der Waals surface area contributed by atoms with E-state index in [1.807, 2.05) is 30.9 Å². The Balaban J connectivity index is 1.30. The third-order valence-electron chi connectivity index (χ3n) is 7.30. The number of hydrogen-bond donors (Lipinski definition) is 0. The zero-order valence-corrected chi connectivity index (χ0v) is 22.8. The van der Waals surface area contributed by atoms with Crippen LogP contribution in [0.4, 0.5) is 0 Å². The van der Waals surface area contributed by atoms with Gasteiger partial charge in [0.05, 0.1) is 23.1 Å². The standard InChI is InChI=1S/C30H35N3O4S/c1-23-21-33(22-24(2)37-23)38(35,36)28-15-9-14-27(20-28)30(34)32-18-16-31(17-19-32)29(25-10-5-3-6-11-25)26-12-7-4-8-13-26/h3-15,20,23-24,29H,16-19,21-22H2,1-2H3. The Kier molecular flexibility index (Phi) is 7.95. The second-order valence-electron chi connectivity index (χ2n) is 10.2. The molecule has 3 aromatic carbocycles. The highest BCUT2D eigenvalue weighted by atomic mass is 32.2. The monoisotopic (exact) mass is 533 g/mol. The molecular formula is C30H35N3O4S. The lowest BCUT2D eigenvalue weighted by atomic mass is 9.96. The van der Waals surface area contributed by atoms with Crippen LogP contribution in [0.15, 0.2) is 89.8 Å². The van der Waals surface area contributed by atoms with Gasteiger partial charge in [-0.25, -0.2) is 8.42 Å². The number of hydrogen-bond acceptors (Lipinski definition) is 5. The fourth-order valence-corrected chi connectivity index (χ4v) is 7.15. The molecular weight excluding hydrogens is 498 g/mol. The number of carbonyl (C=O) groups is 1. The Hall–Kier alpha value is -3.04. The molecule has 3 aromatic rings. The van der Waals surface area contributed by atoms with Gasteiger partial charge in [-0.3, -0.25) is 9.69 Å². The zero-order valence-electron chi connectivity index (χ0n) is 21.9. The van der Waals surface area contributed by atoms with Crippen molar-refractivity contribution >= 4 is 15.9 Å². The first-order valence-electron chi connectivity index (χ1n) is 13.2. The van der Waals surface area contributed by atoms with Crippen LogP contribution in [0.3, 0.4) is 0 Å². The quantitative estimate of drug-likeness (QED) is 0.479. The van der Waals surface area contributed by atoms with E-state index in [0.29, 0.717) is 31.7 Å². The second-order valence-corrected chi connectivity index (χ2v) is 12.1. The van der Waals surface area contributed by atoms with Crippen molar-refractivity contribution in [3.63, 3.8) is 0 Å². The van der Waals surface area contributed by atoms with Crippen LogP contribution < -0.4 is 0 Å². The van der Waals surface area contributed by atoms with E-state index < -0.39 is 10.0 Å². The summed E-state index contributed by atoms with van der Waals surface area (Å²) in [7, 11) is -3.72. The molecule has 0 N–H and O–H groups in total. The van der Waals surface area contributed by atoms with E-state index >= 15 is 0 Å². The van der Waals surface area contributed by atoms with Crippen LogP contribution in [0.25, 0.3) is 0 Å². The number of rotatable bonds is 6. The van der Waals surface area contributed by atoms with Gasteiger partial charge in [0, 0.05) is 44.8 Å². The van der Waals surface area contributed by atoms with Gasteiger partial charge in [0.25, 0.3) is 5.91 Å². The van der Waals surface area contributed by atoms with Gasteiger partial charge in [0.2, 0.25) is 10.0 Å². The molecule has 200 valence electrons. The Labute approximate surface area is 225 Å². The summed E-state index contributed by atoms with van der Waals surface area (Å²) in [6.45, 7) is 6.95. The van der Waals surface area contributed by atoms with E-state index in [1.165, 1.54) is 21.5 Å². The average molecular weight is 534 g/mol. The van der Waals surface area contributed by atoms with Crippen molar-refractivity contribution in [2.75, 3.05) is 39.3 Å². The molecule has 1 amide bonds. The van der Waals surface area contributed by atoms with Crippen molar-refractivity contribution in [3.05, 3.63) is 102 Å². The molecule has 8 heteroatoms. The van der Waals surface area contributed by atoms with Crippen LogP contribution in [0.2, 0.25) is 0 Å². The van der Waals surface area contributed by atoms with Gasteiger partial charge in [-0.1, -0.05) is 66.7 Å². The fourth-order valence-electron chi connectivity index (χ4n) is 5.52. The van der Waals surface area contributed by atoms with Gasteiger partial charge in [-0.05, 0) is 43.2 Å². The molecule has 0 radical (unpaired) electrons. The zero-order chi connectivity index (χ0) is 26.7. The Morgan fingerprint density at radius 3 is 1.89 bits per heavy atom. The van der Waals surface area contributed by atoms with Crippen LogP contribution in [0.5, 0.6) is 0 Å². The molecule has 0 bridgehead atoms. The first kappa shape index (κ1) is 26.6. The minimum atomic E-state index is -3.72. The number of amides is 1. The van der Waals surface area contributed by atoms with Crippen LogP contribution in [-0.2, 0) is 14.8 Å². The maximum Gasteiger partial charge on any atom is 0.253 e. The minimum absolute atomic E-state index is 0.112. The van der Waals surface area contributed by atoms with Crippen molar-refractivity contribution in [1.82, 2.24) is 14.1 Å². The molecule has 0 aliphatic carbocycles. The molecule has 0 spiro atoms. The van der Waals surface area contributed by atoms with Crippen molar-refractivity contribution in [2.45, 2.75) is 37.0 Å². The molecule has 2 saturated heterocycles. The lowest BCUT2D eigenvalue weighted by Gasteiger charge is -2.40. The highest BCUT2D eigenvalue weighted by Crippen LogP contribution is 2.30. The Morgan fingerprint density at radius 1 is 0.789 bits per heavy atom. The maximum absolute atomic E-state index is 13.5. The van der Waals surface area contributed by atoms with Crippen molar-refractivity contribution in [3.8, 4) is 0 Å². The largest absolute Gasteiger partial charge is 0.373 e. The number of sulfonamides is 1. The summed E-state index contributed by atoms with van der Waals surface area (Å²) in [4.78, 5) is 17.8. The molecule has 2 fully saturated rings. The molecule has 0 saturated carbocycles. The third kappa shape index (κ3) is 5.68. The first-order valence-corrected chi connectivity index (χ1v) is 14.7. The van der Waals surface area contributed by atoms with Crippen LogP contribution in [0.1, 0.15) is 41.4 Å². The molecule has 2 aliphatic rings. The fraction of sp³-hybridized carbons (Fsp3) is 0.367. The van der Waals surface area contributed by atoms with Crippen molar-refractivity contribution < 1.29 is 17.9 Å². The normalized spacial score (nSPS) is 21.5. The van der Waals surface area contributed by atoms with E-state index in [-0.39, 0.29) is 29.1 Å². The number of morpholine rings is 1. The molecule has 2 heterocycles. The summed E-state index contributed by atoms with van der Waals surface area (Å²) in [5.74, 6) is -0.138. The van der Waals surface area contributed by atoms with E-state index in [0.717, 1.165) is 13.1 Å². The third-order valence-corrected chi connectivity index (χ3v) is 9.13. The average Bonchev–Trinajstić information content (AvgIpc) is 2.94. The predicted octanol–water partition coefficient (Wildman–Crippen LogP) is 4.03. The lowest BCUT2D eigenvalue weighted by Crippen LogP contribution is -2.50. The predicted molar refractivity (Wildman–Crippen MR) is 147 cm³/mol. The molecule has 7 nitrogen and oxygen atoms in total. The van der Waals surface area contributed by atoms with Crippen molar-refractivity contribution in [2.24, 2.45) is 0 Å². The van der Waals surface area contributed by atoms with Crippen LogP contribution >= 0.6 is 0 Å². The number of ether oxygens (including phenoxy) is 1. The lowest BCUT2D eigenvalue weighted by molar-refractivity contribution is -0.0440. The maximum atomic E-state index is 13.5. The van der Waals surface area contributed by atoms with Gasteiger partial charge < -0.3 is 9.64 Å². The van der Waals surface area contributed by atoms with Crippen LogP contribution in [0, 0.1) is 0 Å². The molecule has 2 unspecified atom stereocenters. The van der Waals surface area contributed by atoms with E-state index in [9.17, 15) is 13.2 Å². The van der Waals surface area contributed by atoms with Gasteiger partial charge in [0.15, 0.2) is 0 Å². The SMILES string of the molecule is CC1CN(S(=O)(=O)c2cccc(C(=O)N3CCN(C(c4ccccc4)c4ccccc4)CC3)c2)CC(C)O1. The molecule has 5 rings (SSSR count). The van der Waals surface area contributed by atoms with Gasteiger partial charge in [0.1, 0.15) is 0 Å². The molecule has 2 atom stereocenters. The summed E-state index contributed by atoms with van der Waals surface area (Å²) >= 11 is 0. The number of carbonyl (C=O) groups excluding carboxylic acids is 1. The van der Waals surface area contributed by atoms with Gasteiger partial charge >= 0.3 is 0 Å². The molecule has 2 aliphatic heterocycles. The van der Waals surface area contributed by atoms with E-state index in [2.05, 4.69) is 53.4 Å². The van der Waals surface area contributed by atoms with Crippen molar-refractivity contribution in [1.29, 1.82) is 0 Å². The summed E-state index contributed by atoms with van der Waals surface area (Å²) in [6.07, 6.45) is -0.351. The van der Waals surface area contributed by atoms with Crippen LogP contribution in [-0.4, -0.2) is 79.9 Å². The number of piperazine rings is 1. The number of nitrogens with zero attached hydrogens (tertiary/aromatic N) is 3. The Bertz CT molecular complexity index is 1290. The minimum Gasteiger partial charge on any atom is -0.373 e. The highest BCUT2D eigenvalue weighted by molar-refractivity contribution is 7.89. The smallest absolute Gasteiger partial charge is 0.253 e. The van der Waals surface area contributed by atoms with E-state index in [4.69, 9.17) is 4.74 Å². The summed E-state index contributed by atoms with van der Waals surface area (Å²) in [5, 5.41) is 0. The highest BCUT2D eigenvalue weighted by Gasteiger charge is 2.33. The topological polar surface area (TPSA) is 70.2 Å². The summed E-state index contributed by atoms with van der Waals surface area (Å²) in [6, 6.07) is 27.4. The van der Waals surface area contributed by atoms with Gasteiger partial charge in [-0.15, -0.1) is 0 Å². The summed E-state index contributed by atoms with van der Waals surface area (Å²) < 4.78 is 33.9.